The third-order valence-electron chi connectivity index (χ3n) is 3.59. The van der Waals surface area contributed by atoms with Crippen LogP contribution in [0.3, 0.4) is 0 Å². The maximum Gasteiger partial charge on any atom is 0.224 e. The topological polar surface area (TPSA) is 60.1 Å². The second-order valence-electron chi connectivity index (χ2n) is 5.26. The van der Waals surface area contributed by atoms with E-state index in [9.17, 15) is 9.18 Å². The normalized spacial score (nSPS) is 10.8. The second-order valence-corrected chi connectivity index (χ2v) is 5.67. The van der Waals surface area contributed by atoms with Gasteiger partial charge in [0.05, 0.1) is 13.0 Å². The van der Waals surface area contributed by atoms with Crippen LogP contribution in [0.4, 0.5) is 4.39 Å². The molecule has 0 aliphatic rings. The molecule has 0 bridgehead atoms. The number of hydrogen-bond donors (Lipinski definition) is 1. The number of aromatic nitrogens is 2. The SMILES string of the molecule is Cn1nccc1-c1ccc(CNC(=O)Cc2c(F)cccc2Cl)o1. The molecular weight excluding hydrogens is 333 g/mol. The van der Waals surface area contributed by atoms with Crippen LogP contribution >= 0.6 is 11.6 Å². The molecule has 0 spiro atoms. The summed E-state index contributed by atoms with van der Waals surface area (Å²) in [5.74, 6) is 0.435. The highest BCUT2D eigenvalue weighted by atomic mass is 35.5. The predicted octanol–water partition coefficient (Wildman–Crippen LogP) is 3.33. The maximum absolute atomic E-state index is 13.7. The van der Waals surface area contributed by atoms with E-state index in [1.165, 1.54) is 12.1 Å². The summed E-state index contributed by atoms with van der Waals surface area (Å²) in [6.07, 6.45) is 1.55. The zero-order chi connectivity index (χ0) is 17.1. The first-order chi connectivity index (χ1) is 11.5. The number of benzene rings is 1. The first-order valence-electron chi connectivity index (χ1n) is 7.31. The molecule has 2 heterocycles. The van der Waals surface area contributed by atoms with Gasteiger partial charge in [-0.1, -0.05) is 17.7 Å². The Morgan fingerprint density at radius 1 is 1.33 bits per heavy atom. The van der Waals surface area contributed by atoms with E-state index in [1.54, 1.807) is 23.0 Å². The van der Waals surface area contributed by atoms with E-state index in [-0.39, 0.29) is 29.5 Å². The molecule has 0 aliphatic carbocycles. The zero-order valence-corrected chi connectivity index (χ0v) is 13.7. The van der Waals surface area contributed by atoms with Crippen molar-refractivity contribution in [1.82, 2.24) is 15.1 Å². The third kappa shape index (κ3) is 3.49. The average Bonchev–Trinajstić information content (AvgIpc) is 3.17. The van der Waals surface area contributed by atoms with Crippen LogP contribution in [0.25, 0.3) is 11.5 Å². The highest BCUT2D eigenvalue weighted by molar-refractivity contribution is 6.31. The zero-order valence-electron chi connectivity index (χ0n) is 12.9. The van der Waals surface area contributed by atoms with Gasteiger partial charge in [0.1, 0.15) is 17.3 Å². The average molecular weight is 348 g/mol. The fourth-order valence-corrected chi connectivity index (χ4v) is 2.57. The Labute approximate surface area is 143 Å². The number of aryl methyl sites for hydroxylation is 1. The summed E-state index contributed by atoms with van der Waals surface area (Å²) >= 11 is 5.92. The molecule has 0 radical (unpaired) electrons. The van der Waals surface area contributed by atoms with Crippen molar-refractivity contribution in [3.63, 3.8) is 0 Å². The summed E-state index contributed by atoms with van der Waals surface area (Å²) in [4.78, 5) is 12.0. The predicted molar refractivity (Wildman–Crippen MR) is 87.9 cm³/mol. The van der Waals surface area contributed by atoms with Crippen LogP contribution < -0.4 is 5.32 Å². The molecule has 1 N–H and O–H groups in total. The van der Waals surface area contributed by atoms with Crippen molar-refractivity contribution in [3.8, 4) is 11.5 Å². The van der Waals surface area contributed by atoms with Crippen LogP contribution in [0.5, 0.6) is 0 Å². The molecular formula is C17H15ClFN3O2. The number of amides is 1. The summed E-state index contributed by atoms with van der Waals surface area (Å²) in [6, 6.07) is 9.76. The molecule has 0 fully saturated rings. The second kappa shape index (κ2) is 6.88. The highest BCUT2D eigenvalue weighted by Gasteiger charge is 2.13. The van der Waals surface area contributed by atoms with E-state index >= 15 is 0 Å². The molecule has 0 saturated carbocycles. The summed E-state index contributed by atoms with van der Waals surface area (Å²) in [5, 5.41) is 7.01. The Hall–Kier alpha value is -2.60. The van der Waals surface area contributed by atoms with E-state index < -0.39 is 5.82 Å². The lowest BCUT2D eigenvalue weighted by Crippen LogP contribution is -2.24. The minimum Gasteiger partial charge on any atom is -0.458 e. The third-order valence-corrected chi connectivity index (χ3v) is 3.95. The smallest absolute Gasteiger partial charge is 0.224 e. The summed E-state index contributed by atoms with van der Waals surface area (Å²) < 4.78 is 21.1. The van der Waals surface area contributed by atoms with Crippen LogP contribution in [-0.4, -0.2) is 15.7 Å². The van der Waals surface area contributed by atoms with E-state index in [4.69, 9.17) is 16.0 Å². The molecule has 0 aliphatic heterocycles. The van der Waals surface area contributed by atoms with Gasteiger partial charge in [-0.2, -0.15) is 5.10 Å². The van der Waals surface area contributed by atoms with Gasteiger partial charge in [0.2, 0.25) is 5.91 Å². The molecule has 1 amide bonds. The van der Waals surface area contributed by atoms with Crippen molar-refractivity contribution in [3.05, 3.63) is 64.8 Å². The number of rotatable bonds is 5. The molecule has 124 valence electrons. The maximum atomic E-state index is 13.7. The van der Waals surface area contributed by atoms with Gasteiger partial charge in [-0.05, 0) is 30.3 Å². The lowest BCUT2D eigenvalue weighted by atomic mass is 10.1. The fraction of sp³-hybridized carbons (Fsp3) is 0.176. The van der Waals surface area contributed by atoms with Crippen LogP contribution in [0.15, 0.2) is 47.0 Å². The largest absolute Gasteiger partial charge is 0.458 e. The van der Waals surface area contributed by atoms with Gasteiger partial charge >= 0.3 is 0 Å². The summed E-state index contributed by atoms with van der Waals surface area (Å²) in [6.45, 7) is 0.211. The van der Waals surface area contributed by atoms with Crippen LogP contribution in [0.1, 0.15) is 11.3 Å². The highest BCUT2D eigenvalue weighted by Crippen LogP contribution is 2.21. The molecule has 5 nitrogen and oxygen atoms in total. The lowest BCUT2D eigenvalue weighted by molar-refractivity contribution is -0.120. The molecule has 24 heavy (non-hydrogen) atoms. The number of nitrogens with zero attached hydrogens (tertiary/aromatic N) is 2. The fourth-order valence-electron chi connectivity index (χ4n) is 2.34. The molecule has 2 aromatic heterocycles. The standard InChI is InChI=1S/C17H15ClFN3O2/c1-22-15(7-8-21-22)16-6-5-11(24-16)10-20-17(23)9-12-13(18)3-2-4-14(12)19/h2-8H,9-10H2,1H3,(H,20,23). The first-order valence-corrected chi connectivity index (χ1v) is 7.69. The van der Waals surface area contributed by atoms with Crippen molar-refractivity contribution in [2.75, 3.05) is 0 Å². The molecule has 0 unspecified atom stereocenters. The van der Waals surface area contributed by atoms with Gasteiger partial charge < -0.3 is 9.73 Å². The van der Waals surface area contributed by atoms with Crippen molar-refractivity contribution in [2.24, 2.45) is 7.05 Å². The first kappa shape index (κ1) is 16.3. The van der Waals surface area contributed by atoms with Crippen molar-refractivity contribution in [1.29, 1.82) is 0 Å². The van der Waals surface area contributed by atoms with Crippen LogP contribution in [0, 0.1) is 5.82 Å². The molecule has 0 atom stereocenters. The number of halogens is 2. The van der Waals surface area contributed by atoms with Gasteiger partial charge in [0, 0.05) is 23.8 Å². The van der Waals surface area contributed by atoms with E-state index in [2.05, 4.69) is 10.4 Å². The molecule has 1 aromatic carbocycles. The minimum absolute atomic E-state index is 0.124. The van der Waals surface area contributed by atoms with Gasteiger partial charge in [-0.3, -0.25) is 9.48 Å². The van der Waals surface area contributed by atoms with Gasteiger partial charge in [0.25, 0.3) is 0 Å². The lowest BCUT2D eigenvalue weighted by Gasteiger charge is -2.06. The van der Waals surface area contributed by atoms with Gasteiger partial charge in [-0.15, -0.1) is 0 Å². The molecule has 3 aromatic rings. The monoisotopic (exact) mass is 347 g/mol. The van der Waals surface area contributed by atoms with E-state index in [0.717, 1.165) is 5.69 Å². The summed E-state index contributed by atoms with van der Waals surface area (Å²) in [5.41, 5.74) is 1.03. The summed E-state index contributed by atoms with van der Waals surface area (Å²) in [7, 11) is 1.82. The number of hydrogen-bond acceptors (Lipinski definition) is 3. The Bertz CT molecular complexity index is 852. The molecule has 7 heteroatoms. The minimum atomic E-state index is -0.492. The van der Waals surface area contributed by atoms with Gasteiger partial charge in [0.15, 0.2) is 5.76 Å². The Balaban J connectivity index is 1.61. The molecule has 3 rings (SSSR count). The van der Waals surface area contributed by atoms with Crippen LogP contribution in [0.2, 0.25) is 5.02 Å². The van der Waals surface area contributed by atoms with Crippen molar-refractivity contribution in [2.45, 2.75) is 13.0 Å². The van der Waals surface area contributed by atoms with Gasteiger partial charge in [-0.25, -0.2) is 4.39 Å². The Kier molecular flexibility index (Phi) is 4.66. The van der Waals surface area contributed by atoms with E-state index in [1.807, 2.05) is 19.2 Å². The number of nitrogens with one attached hydrogen (secondary N) is 1. The number of furan rings is 1. The van der Waals surface area contributed by atoms with Crippen LogP contribution in [-0.2, 0) is 24.8 Å². The molecule has 0 saturated heterocycles. The quantitative estimate of drug-likeness (QED) is 0.770. The number of carbonyl (C=O) groups is 1. The number of carbonyl (C=O) groups excluding carboxylic acids is 1. The Morgan fingerprint density at radius 2 is 2.17 bits per heavy atom. The Morgan fingerprint density at radius 3 is 2.88 bits per heavy atom. The van der Waals surface area contributed by atoms with Crippen molar-refractivity contribution >= 4 is 17.5 Å². The van der Waals surface area contributed by atoms with E-state index in [0.29, 0.717) is 11.5 Å². The van der Waals surface area contributed by atoms with Crippen molar-refractivity contribution < 1.29 is 13.6 Å².